The third-order valence-electron chi connectivity index (χ3n) is 5.06. The maximum absolute atomic E-state index is 6.15. The highest BCUT2D eigenvalue weighted by Crippen LogP contribution is 2.35. The number of nitrogens with zero attached hydrogens (tertiary/aromatic N) is 1. The third kappa shape index (κ3) is 2.14. The fraction of sp³-hybridized carbons (Fsp3) is 0.350. The summed E-state index contributed by atoms with van der Waals surface area (Å²) in [6.07, 6.45) is 5.40. The lowest BCUT2D eigenvalue weighted by Crippen LogP contribution is -2.28. The van der Waals surface area contributed by atoms with Gasteiger partial charge in [0, 0.05) is 6.07 Å². The first-order chi connectivity index (χ1) is 10.7. The van der Waals surface area contributed by atoms with Crippen LogP contribution in [0.25, 0.3) is 22.6 Å². The van der Waals surface area contributed by atoms with Crippen molar-refractivity contribution in [2.75, 3.05) is 0 Å². The number of aryl methyl sites for hydroxylation is 2. The van der Waals surface area contributed by atoms with Crippen molar-refractivity contribution < 1.29 is 8.98 Å². The predicted molar refractivity (Wildman–Crippen MR) is 88.8 cm³/mol. The molecule has 0 bridgehead atoms. The fourth-order valence-corrected chi connectivity index (χ4v) is 3.73. The SMILES string of the molecule is Cc1ccccc1-c1oc2ccc(C3CCCC3)cc2[n+]1C. The molecule has 22 heavy (non-hydrogen) atoms. The van der Waals surface area contributed by atoms with Crippen molar-refractivity contribution in [3.05, 3.63) is 53.6 Å². The molecule has 1 aliphatic carbocycles. The molecule has 0 radical (unpaired) electrons. The average Bonchev–Trinajstić information content (AvgIpc) is 3.16. The topological polar surface area (TPSA) is 17.0 Å². The van der Waals surface area contributed by atoms with Crippen LogP contribution >= 0.6 is 0 Å². The van der Waals surface area contributed by atoms with Gasteiger partial charge in [0.1, 0.15) is 7.05 Å². The Labute approximate surface area is 131 Å². The zero-order chi connectivity index (χ0) is 15.1. The first kappa shape index (κ1) is 13.6. The van der Waals surface area contributed by atoms with E-state index in [-0.39, 0.29) is 0 Å². The van der Waals surface area contributed by atoms with E-state index in [2.05, 4.69) is 61.0 Å². The number of benzene rings is 2. The standard InChI is InChI=1S/C20H22NO/c1-14-7-3-6-10-17(14)20-21(2)18-13-16(11-12-19(18)22-20)15-8-4-5-9-15/h3,6-7,10-13,15H,4-5,8-9H2,1-2H3/q+1. The summed E-state index contributed by atoms with van der Waals surface area (Å²) < 4.78 is 8.34. The molecule has 1 aliphatic rings. The molecule has 1 fully saturated rings. The summed E-state index contributed by atoms with van der Waals surface area (Å²) in [5, 5.41) is 0. The summed E-state index contributed by atoms with van der Waals surface area (Å²) >= 11 is 0. The Hall–Kier alpha value is -2.09. The van der Waals surface area contributed by atoms with E-state index in [9.17, 15) is 0 Å². The molecule has 0 amide bonds. The van der Waals surface area contributed by atoms with Crippen molar-refractivity contribution in [1.82, 2.24) is 0 Å². The maximum atomic E-state index is 6.15. The van der Waals surface area contributed by atoms with Gasteiger partial charge in [0.15, 0.2) is 0 Å². The van der Waals surface area contributed by atoms with Crippen molar-refractivity contribution in [2.24, 2.45) is 7.05 Å². The number of fused-ring (bicyclic) bond motifs is 1. The Morgan fingerprint density at radius 2 is 1.82 bits per heavy atom. The molecule has 112 valence electrons. The molecule has 4 rings (SSSR count). The zero-order valence-corrected chi connectivity index (χ0v) is 13.3. The summed E-state index contributed by atoms with van der Waals surface area (Å²) in [6, 6.07) is 15.1. The number of hydrogen-bond acceptors (Lipinski definition) is 1. The Balaban J connectivity index is 1.85. The van der Waals surface area contributed by atoms with Crippen molar-refractivity contribution >= 4 is 11.1 Å². The second-order valence-electron chi connectivity index (χ2n) is 6.49. The van der Waals surface area contributed by atoms with Crippen molar-refractivity contribution in [3.63, 3.8) is 0 Å². The minimum absolute atomic E-state index is 0.737. The minimum atomic E-state index is 0.737. The van der Waals surface area contributed by atoms with Gasteiger partial charge in [-0.1, -0.05) is 37.1 Å². The molecule has 0 aliphatic heterocycles. The fourth-order valence-electron chi connectivity index (χ4n) is 3.73. The van der Waals surface area contributed by atoms with Crippen LogP contribution in [0.1, 0.15) is 42.7 Å². The predicted octanol–water partition coefficient (Wildman–Crippen LogP) is 4.89. The minimum Gasteiger partial charge on any atom is -0.398 e. The zero-order valence-electron chi connectivity index (χ0n) is 13.3. The molecule has 0 atom stereocenters. The highest BCUT2D eigenvalue weighted by molar-refractivity contribution is 5.73. The van der Waals surface area contributed by atoms with Gasteiger partial charge in [0.05, 0.1) is 5.56 Å². The Morgan fingerprint density at radius 3 is 2.59 bits per heavy atom. The van der Waals surface area contributed by atoms with E-state index in [0.717, 1.165) is 17.4 Å². The van der Waals surface area contributed by atoms with Crippen LogP contribution in [0, 0.1) is 6.92 Å². The smallest absolute Gasteiger partial charge is 0.381 e. The highest BCUT2D eigenvalue weighted by atomic mass is 16.4. The van der Waals surface area contributed by atoms with Gasteiger partial charge in [0.2, 0.25) is 5.58 Å². The van der Waals surface area contributed by atoms with Gasteiger partial charge in [-0.25, -0.2) is 0 Å². The monoisotopic (exact) mass is 292 g/mol. The van der Waals surface area contributed by atoms with Crippen LogP contribution in [0.15, 0.2) is 46.9 Å². The second-order valence-corrected chi connectivity index (χ2v) is 6.49. The van der Waals surface area contributed by atoms with E-state index in [1.165, 1.54) is 47.9 Å². The molecule has 2 heteroatoms. The van der Waals surface area contributed by atoms with E-state index in [4.69, 9.17) is 4.42 Å². The van der Waals surface area contributed by atoms with Gasteiger partial charge >= 0.3 is 5.89 Å². The molecule has 0 unspecified atom stereocenters. The first-order valence-electron chi connectivity index (χ1n) is 8.22. The Bertz CT molecular complexity index is 825. The molecule has 1 aromatic heterocycles. The third-order valence-corrected chi connectivity index (χ3v) is 5.06. The average molecular weight is 292 g/mol. The van der Waals surface area contributed by atoms with Gasteiger partial charge in [-0.05, 0) is 48.9 Å². The van der Waals surface area contributed by atoms with E-state index in [0.29, 0.717) is 0 Å². The summed E-state index contributed by atoms with van der Waals surface area (Å²) in [6.45, 7) is 2.13. The van der Waals surface area contributed by atoms with Crippen molar-refractivity contribution in [2.45, 2.75) is 38.5 Å². The summed E-state index contributed by atoms with van der Waals surface area (Å²) in [4.78, 5) is 0. The van der Waals surface area contributed by atoms with Crippen LogP contribution in [0.4, 0.5) is 0 Å². The first-order valence-corrected chi connectivity index (χ1v) is 8.22. The van der Waals surface area contributed by atoms with Crippen LogP contribution in [0.3, 0.4) is 0 Å². The lowest BCUT2D eigenvalue weighted by molar-refractivity contribution is -0.637. The molecular weight excluding hydrogens is 270 g/mol. The van der Waals surface area contributed by atoms with Crippen LogP contribution in [-0.4, -0.2) is 0 Å². The molecule has 0 spiro atoms. The van der Waals surface area contributed by atoms with Gasteiger partial charge < -0.3 is 4.42 Å². The Kier molecular flexibility index (Phi) is 3.25. The van der Waals surface area contributed by atoms with Gasteiger partial charge in [0.25, 0.3) is 5.52 Å². The summed E-state index contributed by atoms with van der Waals surface area (Å²) in [5.41, 5.74) is 6.06. The lowest BCUT2D eigenvalue weighted by atomic mass is 9.97. The lowest BCUT2D eigenvalue weighted by Gasteiger charge is -2.07. The number of rotatable bonds is 2. The molecule has 1 saturated carbocycles. The van der Waals surface area contributed by atoms with Crippen molar-refractivity contribution in [3.8, 4) is 11.5 Å². The van der Waals surface area contributed by atoms with E-state index < -0.39 is 0 Å². The van der Waals surface area contributed by atoms with Crippen LogP contribution in [-0.2, 0) is 7.05 Å². The molecule has 1 heterocycles. The molecular formula is C20H22NO+. The van der Waals surface area contributed by atoms with E-state index in [1.807, 2.05) is 0 Å². The normalized spacial score (nSPS) is 15.7. The maximum Gasteiger partial charge on any atom is 0.381 e. The van der Waals surface area contributed by atoms with Gasteiger partial charge in [-0.15, -0.1) is 0 Å². The summed E-state index contributed by atoms with van der Waals surface area (Å²) in [5.74, 6) is 1.68. The molecule has 0 saturated heterocycles. The van der Waals surface area contributed by atoms with Gasteiger partial charge in [-0.2, -0.15) is 4.57 Å². The van der Waals surface area contributed by atoms with Crippen molar-refractivity contribution in [1.29, 1.82) is 0 Å². The van der Waals surface area contributed by atoms with Crippen LogP contribution < -0.4 is 4.57 Å². The molecule has 0 N–H and O–H groups in total. The quantitative estimate of drug-likeness (QED) is 0.615. The molecule has 2 aromatic carbocycles. The van der Waals surface area contributed by atoms with Crippen LogP contribution in [0.5, 0.6) is 0 Å². The Morgan fingerprint density at radius 1 is 1.05 bits per heavy atom. The number of oxazole rings is 1. The summed E-state index contributed by atoms with van der Waals surface area (Å²) in [7, 11) is 2.10. The van der Waals surface area contributed by atoms with E-state index >= 15 is 0 Å². The van der Waals surface area contributed by atoms with Gasteiger partial charge in [-0.3, -0.25) is 0 Å². The molecule has 3 aromatic rings. The van der Waals surface area contributed by atoms with Crippen LogP contribution in [0.2, 0.25) is 0 Å². The van der Waals surface area contributed by atoms with E-state index in [1.54, 1.807) is 0 Å². The molecule has 2 nitrogen and oxygen atoms in total. The highest BCUT2D eigenvalue weighted by Gasteiger charge is 2.24. The number of aromatic nitrogens is 1. The second kappa shape index (κ2) is 5.28. The largest absolute Gasteiger partial charge is 0.398 e. The number of hydrogen-bond donors (Lipinski definition) is 0.